The zero-order valence-electron chi connectivity index (χ0n) is 16.3. The summed E-state index contributed by atoms with van der Waals surface area (Å²) in [5.41, 5.74) is 3.11. The van der Waals surface area contributed by atoms with Gasteiger partial charge in [0.05, 0.1) is 11.0 Å². The van der Waals surface area contributed by atoms with Crippen molar-refractivity contribution in [1.29, 1.82) is 0 Å². The number of rotatable bonds is 9. The Morgan fingerprint density at radius 2 is 2.03 bits per heavy atom. The lowest BCUT2D eigenvalue weighted by molar-refractivity contribution is -0.121. The average Bonchev–Trinajstić information content (AvgIpc) is 3.06. The molecule has 1 radical (unpaired) electrons. The molecule has 0 atom stereocenters. The molecule has 3 aromatic rings. The molecule has 0 aliphatic rings. The van der Waals surface area contributed by atoms with Crippen LogP contribution in [0.25, 0.3) is 11.0 Å². The SMILES string of the molecule is CCCn1c(C[N]C(=O)CCCc2cc(F)ccc2F)nc2cc(CCl)ccc21. The fourth-order valence-electron chi connectivity index (χ4n) is 3.31. The highest BCUT2D eigenvalue weighted by atomic mass is 35.5. The van der Waals surface area contributed by atoms with E-state index in [9.17, 15) is 13.6 Å². The van der Waals surface area contributed by atoms with Gasteiger partial charge in [0.2, 0.25) is 5.91 Å². The quantitative estimate of drug-likeness (QED) is 0.453. The highest BCUT2D eigenvalue weighted by molar-refractivity contribution is 6.17. The van der Waals surface area contributed by atoms with Crippen LogP contribution in [0.15, 0.2) is 36.4 Å². The molecule has 7 heteroatoms. The van der Waals surface area contributed by atoms with Crippen LogP contribution in [0, 0.1) is 11.6 Å². The van der Waals surface area contributed by atoms with Crippen molar-refractivity contribution >= 4 is 28.5 Å². The van der Waals surface area contributed by atoms with Crippen molar-refractivity contribution in [2.24, 2.45) is 0 Å². The minimum atomic E-state index is -0.482. The van der Waals surface area contributed by atoms with Gasteiger partial charge >= 0.3 is 0 Å². The Bertz CT molecular complexity index is 1000. The van der Waals surface area contributed by atoms with Crippen molar-refractivity contribution in [3.05, 3.63) is 65.0 Å². The van der Waals surface area contributed by atoms with Crippen LogP contribution in [0.3, 0.4) is 0 Å². The lowest BCUT2D eigenvalue weighted by Crippen LogP contribution is -2.18. The maximum atomic E-state index is 13.6. The summed E-state index contributed by atoms with van der Waals surface area (Å²) in [6.45, 7) is 3.06. The first-order valence-electron chi connectivity index (χ1n) is 9.70. The second-order valence-corrected chi connectivity index (χ2v) is 7.20. The molecule has 0 aliphatic heterocycles. The van der Waals surface area contributed by atoms with Crippen LogP contribution in [0.5, 0.6) is 0 Å². The Labute approximate surface area is 173 Å². The van der Waals surface area contributed by atoms with Gasteiger partial charge < -0.3 is 4.57 Å². The lowest BCUT2D eigenvalue weighted by Gasteiger charge is -2.08. The van der Waals surface area contributed by atoms with Gasteiger partial charge in [0, 0.05) is 18.8 Å². The van der Waals surface area contributed by atoms with Crippen LogP contribution in [0.4, 0.5) is 8.78 Å². The molecule has 2 aromatic carbocycles. The molecule has 0 unspecified atom stereocenters. The monoisotopic (exact) mass is 418 g/mol. The van der Waals surface area contributed by atoms with E-state index in [4.69, 9.17) is 11.6 Å². The van der Waals surface area contributed by atoms with Crippen molar-refractivity contribution in [2.45, 2.75) is 51.6 Å². The number of benzene rings is 2. The summed E-state index contributed by atoms with van der Waals surface area (Å²) in [5.74, 6) is -0.0536. The number of hydrogen-bond acceptors (Lipinski definition) is 2. The number of carbonyl (C=O) groups is 1. The van der Waals surface area contributed by atoms with Gasteiger partial charge in [0.1, 0.15) is 24.0 Å². The Morgan fingerprint density at radius 1 is 1.21 bits per heavy atom. The topological polar surface area (TPSA) is 49.0 Å². The second-order valence-electron chi connectivity index (χ2n) is 6.94. The highest BCUT2D eigenvalue weighted by Gasteiger charge is 2.13. The van der Waals surface area contributed by atoms with E-state index in [0.29, 0.717) is 18.7 Å². The molecule has 0 N–H and O–H groups in total. The highest BCUT2D eigenvalue weighted by Crippen LogP contribution is 2.20. The van der Waals surface area contributed by atoms with E-state index in [0.717, 1.165) is 47.5 Å². The molecule has 4 nitrogen and oxygen atoms in total. The third-order valence-electron chi connectivity index (χ3n) is 4.73. The number of fused-ring (bicyclic) bond motifs is 1. The van der Waals surface area contributed by atoms with E-state index in [-0.39, 0.29) is 24.4 Å². The third-order valence-corrected chi connectivity index (χ3v) is 5.04. The van der Waals surface area contributed by atoms with Crippen molar-refractivity contribution in [3.8, 4) is 0 Å². The molecule has 1 heterocycles. The average molecular weight is 419 g/mol. The number of amides is 1. The number of imidazole rings is 1. The Balaban J connectivity index is 1.59. The molecular weight excluding hydrogens is 396 g/mol. The summed E-state index contributed by atoms with van der Waals surface area (Å²) in [7, 11) is 0. The first-order chi connectivity index (χ1) is 14.0. The van der Waals surface area contributed by atoms with Crippen LogP contribution in [-0.2, 0) is 30.2 Å². The summed E-state index contributed by atoms with van der Waals surface area (Å²) < 4.78 is 28.9. The van der Waals surface area contributed by atoms with E-state index < -0.39 is 11.6 Å². The molecule has 0 bridgehead atoms. The van der Waals surface area contributed by atoms with Crippen LogP contribution in [0.1, 0.15) is 43.1 Å². The number of carbonyl (C=O) groups excluding carboxylic acids is 1. The van der Waals surface area contributed by atoms with Gasteiger partial charge in [-0.15, -0.1) is 11.6 Å². The maximum Gasteiger partial charge on any atom is 0.241 e. The lowest BCUT2D eigenvalue weighted by atomic mass is 10.1. The van der Waals surface area contributed by atoms with Gasteiger partial charge in [0.15, 0.2) is 0 Å². The fraction of sp³-hybridized carbons (Fsp3) is 0.364. The third kappa shape index (κ3) is 5.32. The number of hydrogen-bond donors (Lipinski definition) is 0. The zero-order valence-corrected chi connectivity index (χ0v) is 17.1. The first-order valence-corrected chi connectivity index (χ1v) is 10.2. The summed E-state index contributed by atoms with van der Waals surface area (Å²) in [5, 5.41) is 4.13. The van der Waals surface area contributed by atoms with Crippen molar-refractivity contribution in [2.75, 3.05) is 0 Å². The number of alkyl halides is 1. The van der Waals surface area contributed by atoms with Crippen molar-refractivity contribution in [3.63, 3.8) is 0 Å². The Kier molecular flexibility index (Phi) is 7.20. The normalized spacial score (nSPS) is 11.2. The van der Waals surface area contributed by atoms with E-state index in [1.54, 1.807) is 0 Å². The molecule has 0 spiro atoms. The first kappa shape index (κ1) is 21.2. The van der Waals surface area contributed by atoms with Gasteiger partial charge in [-0.05, 0) is 60.7 Å². The van der Waals surface area contributed by atoms with Gasteiger partial charge in [-0.1, -0.05) is 13.0 Å². The molecule has 0 fully saturated rings. The predicted molar refractivity (Wildman–Crippen MR) is 110 cm³/mol. The summed E-state index contributed by atoms with van der Waals surface area (Å²) >= 11 is 5.91. The summed E-state index contributed by atoms with van der Waals surface area (Å²) in [4.78, 5) is 16.8. The molecule has 1 aromatic heterocycles. The van der Waals surface area contributed by atoms with E-state index in [1.807, 2.05) is 18.2 Å². The standard InChI is InChI=1S/C22H23ClF2N3O/c1-2-10-28-20-9-6-15(13-23)11-19(20)27-21(28)14-26-22(29)5-3-4-16-12-17(24)7-8-18(16)25/h6-9,11-12H,2-5,10,13-14H2,1H3. The number of nitrogens with zero attached hydrogens (tertiary/aromatic N) is 3. The van der Waals surface area contributed by atoms with Crippen LogP contribution in [-0.4, -0.2) is 15.5 Å². The molecule has 0 saturated carbocycles. The van der Waals surface area contributed by atoms with Gasteiger partial charge in [-0.2, -0.15) is 0 Å². The summed E-state index contributed by atoms with van der Waals surface area (Å²) in [6, 6.07) is 9.27. The minimum Gasteiger partial charge on any atom is -0.326 e. The number of halogens is 3. The van der Waals surface area contributed by atoms with Crippen molar-refractivity contribution < 1.29 is 13.6 Å². The summed E-state index contributed by atoms with van der Waals surface area (Å²) in [6.07, 6.45) is 1.82. The minimum absolute atomic E-state index is 0.181. The molecule has 153 valence electrons. The molecule has 1 amide bonds. The van der Waals surface area contributed by atoms with E-state index >= 15 is 0 Å². The van der Waals surface area contributed by atoms with Crippen LogP contribution in [0.2, 0.25) is 0 Å². The van der Waals surface area contributed by atoms with Crippen molar-refractivity contribution in [1.82, 2.24) is 14.9 Å². The zero-order chi connectivity index (χ0) is 20.8. The molecule has 29 heavy (non-hydrogen) atoms. The Hall–Kier alpha value is -2.47. The molecule has 0 aliphatic carbocycles. The van der Waals surface area contributed by atoms with E-state index in [2.05, 4.69) is 21.8 Å². The molecular formula is C22H23ClF2N3O. The smallest absolute Gasteiger partial charge is 0.241 e. The predicted octanol–water partition coefficient (Wildman–Crippen LogP) is 5.12. The van der Waals surface area contributed by atoms with Gasteiger partial charge in [0.25, 0.3) is 0 Å². The second kappa shape index (κ2) is 9.83. The Morgan fingerprint density at radius 3 is 2.79 bits per heavy atom. The fourth-order valence-corrected chi connectivity index (χ4v) is 3.47. The van der Waals surface area contributed by atoms with Crippen LogP contribution >= 0.6 is 11.6 Å². The van der Waals surface area contributed by atoms with Gasteiger partial charge in [-0.3, -0.25) is 4.79 Å². The largest absolute Gasteiger partial charge is 0.326 e. The maximum absolute atomic E-state index is 13.6. The van der Waals surface area contributed by atoms with Crippen LogP contribution < -0.4 is 5.32 Å². The molecule has 0 saturated heterocycles. The van der Waals surface area contributed by atoms with E-state index in [1.165, 1.54) is 6.07 Å². The number of aryl methyl sites for hydroxylation is 2. The molecule has 3 rings (SSSR count). The number of aromatic nitrogens is 2. The van der Waals surface area contributed by atoms with Gasteiger partial charge in [-0.25, -0.2) is 19.1 Å².